The normalized spacial score (nSPS) is 18.5. The first-order valence-corrected chi connectivity index (χ1v) is 12.6. The number of piperidine rings is 1. The third-order valence-corrected chi connectivity index (χ3v) is 7.15. The zero-order chi connectivity index (χ0) is 24.8. The minimum absolute atomic E-state index is 0.00474. The van der Waals surface area contributed by atoms with Gasteiger partial charge in [-0.1, -0.05) is 0 Å². The van der Waals surface area contributed by atoms with E-state index in [9.17, 15) is 18.0 Å². The summed E-state index contributed by atoms with van der Waals surface area (Å²) in [6, 6.07) is 0. The molecule has 35 heavy (non-hydrogen) atoms. The molecule has 2 aliphatic heterocycles. The van der Waals surface area contributed by atoms with E-state index in [4.69, 9.17) is 4.74 Å². The van der Waals surface area contributed by atoms with Crippen LogP contribution >= 0.6 is 11.3 Å². The van der Waals surface area contributed by atoms with Gasteiger partial charge < -0.3 is 25.2 Å². The van der Waals surface area contributed by atoms with Gasteiger partial charge in [-0.3, -0.25) is 4.79 Å². The summed E-state index contributed by atoms with van der Waals surface area (Å²) in [5, 5.41) is 8.56. The van der Waals surface area contributed by atoms with Crippen molar-refractivity contribution in [2.45, 2.75) is 37.8 Å². The number of anilines is 3. The van der Waals surface area contributed by atoms with E-state index in [0.29, 0.717) is 50.9 Å². The molecule has 2 aliphatic rings. The van der Waals surface area contributed by atoms with Crippen LogP contribution in [0.5, 0.6) is 0 Å². The number of amides is 1. The van der Waals surface area contributed by atoms with E-state index in [0.717, 1.165) is 37.1 Å². The Hall–Kier alpha value is -2.51. The van der Waals surface area contributed by atoms with Crippen molar-refractivity contribution in [1.82, 2.24) is 24.8 Å². The predicted molar refractivity (Wildman–Crippen MR) is 127 cm³/mol. The molecule has 4 heterocycles. The monoisotopic (exact) mass is 513 g/mol. The summed E-state index contributed by atoms with van der Waals surface area (Å²) in [6.07, 6.45) is -0.961. The molecule has 0 bridgehead atoms. The van der Waals surface area contributed by atoms with Crippen LogP contribution in [-0.4, -0.2) is 83.6 Å². The Bertz CT molecular complexity index is 996. The van der Waals surface area contributed by atoms with Gasteiger partial charge in [-0.15, -0.1) is 11.3 Å². The maximum Gasteiger partial charge on any atom is 0.421 e. The fraction of sp³-hybridized carbons (Fsp3) is 0.636. The zero-order valence-corrected chi connectivity index (χ0v) is 20.4. The van der Waals surface area contributed by atoms with Crippen molar-refractivity contribution in [2.24, 2.45) is 0 Å². The highest BCUT2D eigenvalue weighted by atomic mass is 32.1. The summed E-state index contributed by atoms with van der Waals surface area (Å²) >= 11 is 1.54. The molecular formula is C22H30F3N7O2S. The first-order chi connectivity index (χ1) is 16.8. The maximum absolute atomic E-state index is 13.5. The molecular weight excluding hydrogens is 483 g/mol. The molecule has 1 amide bonds. The lowest BCUT2D eigenvalue weighted by Crippen LogP contribution is -2.33. The third-order valence-electron chi connectivity index (χ3n) is 6.14. The molecule has 13 heteroatoms. The Balaban J connectivity index is 1.38. The molecule has 0 aliphatic carbocycles. The first kappa shape index (κ1) is 25.6. The van der Waals surface area contributed by atoms with Crippen molar-refractivity contribution in [3.8, 4) is 0 Å². The number of likely N-dealkylation sites (tertiary alicyclic amines) is 1. The average molecular weight is 514 g/mol. The van der Waals surface area contributed by atoms with Crippen LogP contribution in [0.25, 0.3) is 0 Å². The van der Waals surface area contributed by atoms with Crippen LogP contribution in [0.3, 0.4) is 0 Å². The first-order valence-electron chi connectivity index (χ1n) is 11.7. The fourth-order valence-electron chi connectivity index (χ4n) is 4.12. The average Bonchev–Trinajstić information content (AvgIpc) is 3.18. The zero-order valence-electron chi connectivity index (χ0n) is 19.6. The molecule has 2 aromatic rings. The molecule has 9 nitrogen and oxygen atoms in total. The van der Waals surface area contributed by atoms with Gasteiger partial charge in [0.25, 0.3) is 0 Å². The Labute approximate surface area is 206 Å². The second-order valence-corrected chi connectivity index (χ2v) is 9.64. The van der Waals surface area contributed by atoms with Gasteiger partial charge in [0, 0.05) is 37.1 Å². The van der Waals surface area contributed by atoms with Gasteiger partial charge in [0.1, 0.15) is 17.2 Å². The molecule has 192 valence electrons. The van der Waals surface area contributed by atoms with Crippen LogP contribution in [0.1, 0.15) is 42.2 Å². The number of ether oxygens (including phenoxy) is 1. The molecule has 2 N–H and O–H groups in total. The number of carbonyl (C=O) groups excluding carboxylic acids is 1. The van der Waals surface area contributed by atoms with Crippen LogP contribution in [0.15, 0.2) is 11.6 Å². The van der Waals surface area contributed by atoms with Gasteiger partial charge in [0.15, 0.2) is 0 Å². The standard InChI is InChI=1S/C22H30F3N7O2S/c1-31-8-3-15(4-9-31)20-28-17(14-35-20)29-21-27-13-16(22(23,24)25)19(30-21)26-6-2-7-32-10-12-34-11-5-18(32)33/h13-15H,2-12H2,1H3,(H2,26,27,29,30). The van der Waals surface area contributed by atoms with Crippen molar-refractivity contribution in [2.75, 3.05) is 63.6 Å². The van der Waals surface area contributed by atoms with E-state index in [-0.39, 0.29) is 24.2 Å². The SMILES string of the molecule is CN1CCC(c2nc(Nc3ncc(C(F)(F)F)c(NCCCN4CCOCCC4=O)n3)cs2)CC1. The number of hydrogen-bond donors (Lipinski definition) is 2. The summed E-state index contributed by atoms with van der Waals surface area (Å²) < 4.78 is 45.8. The van der Waals surface area contributed by atoms with Crippen molar-refractivity contribution in [3.05, 3.63) is 22.1 Å². The number of alkyl halides is 3. The smallest absolute Gasteiger partial charge is 0.379 e. The summed E-state index contributed by atoms with van der Waals surface area (Å²) in [7, 11) is 2.10. The molecule has 0 spiro atoms. The lowest BCUT2D eigenvalue weighted by atomic mass is 9.98. The highest BCUT2D eigenvalue weighted by Crippen LogP contribution is 2.35. The number of hydrogen-bond acceptors (Lipinski definition) is 9. The minimum atomic E-state index is -4.60. The summed E-state index contributed by atoms with van der Waals surface area (Å²) in [5.41, 5.74) is -0.937. The van der Waals surface area contributed by atoms with E-state index >= 15 is 0 Å². The highest BCUT2D eigenvalue weighted by molar-refractivity contribution is 7.10. The molecule has 0 radical (unpaired) electrons. The molecule has 2 aromatic heterocycles. The van der Waals surface area contributed by atoms with Crippen molar-refractivity contribution in [3.63, 3.8) is 0 Å². The van der Waals surface area contributed by atoms with Gasteiger partial charge in [-0.05, 0) is 39.4 Å². The molecule has 0 unspecified atom stereocenters. The van der Waals surface area contributed by atoms with Crippen LogP contribution < -0.4 is 10.6 Å². The molecule has 0 atom stereocenters. The number of thiazole rings is 1. The van der Waals surface area contributed by atoms with Gasteiger partial charge in [-0.25, -0.2) is 9.97 Å². The Morgan fingerprint density at radius 3 is 2.77 bits per heavy atom. The van der Waals surface area contributed by atoms with Crippen LogP contribution in [0.2, 0.25) is 0 Å². The predicted octanol–water partition coefficient (Wildman–Crippen LogP) is 3.56. The van der Waals surface area contributed by atoms with Gasteiger partial charge in [-0.2, -0.15) is 18.2 Å². The Morgan fingerprint density at radius 1 is 1.20 bits per heavy atom. The van der Waals surface area contributed by atoms with Gasteiger partial charge in [0.05, 0.1) is 24.6 Å². The van der Waals surface area contributed by atoms with Crippen LogP contribution in [0, 0.1) is 0 Å². The van der Waals surface area contributed by atoms with Crippen molar-refractivity contribution in [1.29, 1.82) is 0 Å². The Morgan fingerprint density at radius 2 is 2.00 bits per heavy atom. The van der Waals surface area contributed by atoms with Crippen molar-refractivity contribution >= 4 is 34.8 Å². The second-order valence-electron chi connectivity index (χ2n) is 8.75. The fourth-order valence-corrected chi connectivity index (χ4v) is 5.04. The Kier molecular flexibility index (Phi) is 8.39. The molecule has 2 fully saturated rings. The number of aromatic nitrogens is 3. The lowest BCUT2D eigenvalue weighted by molar-refractivity contribution is -0.137. The number of nitrogens with zero attached hydrogens (tertiary/aromatic N) is 5. The van der Waals surface area contributed by atoms with Gasteiger partial charge >= 0.3 is 6.18 Å². The lowest BCUT2D eigenvalue weighted by Gasteiger charge is -2.27. The molecule has 2 saturated heterocycles. The summed E-state index contributed by atoms with van der Waals surface area (Å²) in [5.74, 6) is 0.651. The molecule has 0 aromatic carbocycles. The summed E-state index contributed by atoms with van der Waals surface area (Å²) in [6.45, 7) is 4.05. The topological polar surface area (TPSA) is 95.5 Å². The highest BCUT2D eigenvalue weighted by Gasteiger charge is 2.35. The summed E-state index contributed by atoms with van der Waals surface area (Å²) in [4.78, 5) is 28.6. The number of nitrogens with one attached hydrogen (secondary N) is 2. The van der Waals surface area contributed by atoms with E-state index in [2.05, 4.69) is 37.5 Å². The number of rotatable bonds is 8. The molecule has 4 rings (SSSR count). The van der Waals surface area contributed by atoms with E-state index in [1.807, 2.05) is 5.38 Å². The number of carbonyl (C=O) groups is 1. The van der Waals surface area contributed by atoms with E-state index in [1.54, 1.807) is 4.90 Å². The third kappa shape index (κ3) is 7.01. The quantitative estimate of drug-likeness (QED) is 0.518. The van der Waals surface area contributed by atoms with E-state index < -0.39 is 11.7 Å². The minimum Gasteiger partial charge on any atom is -0.379 e. The van der Waals surface area contributed by atoms with E-state index in [1.165, 1.54) is 11.3 Å². The second kappa shape index (κ2) is 11.5. The van der Waals surface area contributed by atoms with Crippen molar-refractivity contribution < 1.29 is 22.7 Å². The molecule has 0 saturated carbocycles. The number of halogens is 3. The largest absolute Gasteiger partial charge is 0.421 e. The maximum atomic E-state index is 13.5. The van der Waals surface area contributed by atoms with Crippen LogP contribution in [-0.2, 0) is 15.7 Å². The van der Waals surface area contributed by atoms with Gasteiger partial charge in [0.2, 0.25) is 11.9 Å². The van der Waals surface area contributed by atoms with Crippen LogP contribution in [0.4, 0.5) is 30.8 Å².